The summed E-state index contributed by atoms with van der Waals surface area (Å²) in [7, 11) is 0. The number of carbonyl (C=O) groups excluding carboxylic acids is 1. The molecule has 0 aliphatic heterocycles. The lowest BCUT2D eigenvalue weighted by Gasteiger charge is -2.10. The molecule has 5 nitrogen and oxygen atoms in total. The molecule has 2 aromatic carbocycles. The van der Waals surface area contributed by atoms with E-state index in [0.717, 1.165) is 18.2 Å². The number of halogens is 2. The smallest absolute Gasteiger partial charge is 0.311 e. The van der Waals surface area contributed by atoms with E-state index >= 15 is 0 Å². The van der Waals surface area contributed by atoms with Crippen LogP contribution in [-0.4, -0.2) is 10.7 Å². The predicted octanol–water partition coefficient (Wildman–Crippen LogP) is 4.49. The third-order valence-electron chi connectivity index (χ3n) is 2.66. The fourth-order valence-corrected chi connectivity index (χ4v) is 2.05. The van der Waals surface area contributed by atoms with Gasteiger partial charge in [0, 0.05) is 16.6 Å². The van der Waals surface area contributed by atoms with Gasteiger partial charge in [-0.15, -0.1) is 0 Å². The van der Waals surface area contributed by atoms with E-state index in [9.17, 15) is 19.3 Å². The van der Waals surface area contributed by atoms with Gasteiger partial charge in [0.05, 0.1) is 10.5 Å². The van der Waals surface area contributed by atoms with Crippen molar-refractivity contribution in [3.8, 4) is 11.5 Å². The van der Waals surface area contributed by atoms with Gasteiger partial charge in [-0.25, -0.2) is 4.39 Å². The molecule has 0 atom stereocenters. The van der Waals surface area contributed by atoms with E-state index in [1.807, 2.05) is 0 Å². The van der Waals surface area contributed by atoms with E-state index in [1.54, 1.807) is 6.07 Å². The summed E-state index contributed by atoms with van der Waals surface area (Å²) in [6, 6.07) is 7.54. The number of Topliss-reactive ketones (excluding diaryl/α,β-unsaturated/α-hetero) is 1. The third-order valence-corrected chi connectivity index (χ3v) is 3.15. The second kappa shape index (κ2) is 6.01. The molecule has 0 aliphatic rings. The quantitative estimate of drug-likeness (QED) is 0.461. The minimum atomic E-state index is -0.680. The van der Waals surface area contributed by atoms with Crippen molar-refractivity contribution >= 4 is 27.4 Å². The molecule has 21 heavy (non-hydrogen) atoms. The minimum Gasteiger partial charge on any atom is -0.449 e. The SMILES string of the molecule is CC(=O)c1ccc(Br)cc1Oc1cc(F)ccc1[N+](=O)[O-]. The van der Waals surface area contributed by atoms with Crippen molar-refractivity contribution < 1.29 is 18.8 Å². The molecule has 0 fully saturated rings. The molecule has 0 unspecified atom stereocenters. The lowest BCUT2D eigenvalue weighted by atomic mass is 10.1. The molecule has 0 radical (unpaired) electrons. The van der Waals surface area contributed by atoms with E-state index in [4.69, 9.17) is 4.74 Å². The van der Waals surface area contributed by atoms with Crippen LogP contribution in [-0.2, 0) is 0 Å². The first-order valence-corrected chi connectivity index (χ1v) is 6.60. The molecular weight excluding hydrogens is 345 g/mol. The number of nitro groups is 1. The van der Waals surface area contributed by atoms with Crippen molar-refractivity contribution in [1.29, 1.82) is 0 Å². The number of rotatable bonds is 4. The zero-order valence-corrected chi connectivity index (χ0v) is 12.4. The Balaban J connectivity index is 2.52. The fraction of sp³-hybridized carbons (Fsp3) is 0.0714. The normalized spacial score (nSPS) is 10.2. The molecule has 0 N–H and O–H groups in total. The maximum atomic E-state index is 13.3. The Morgan fingerprint density at radius 1 is 1.24 bits per heavy atom. The monoisotopic (exact) mass is 353 g/mol. The van der Waals surface area contributed by atoms with Crippen LogP contribution < -0.4 is 4.74 Å². The molecule has 0 amide bonds. The number of ketones is 1. The molecular formula is C14H9BrFNO4. The molecule has 0 spiro atoms. The Labute approximate surface area is 127 Å². The summed E-state index contributed by atoms with van der Waals surface area (Å²) < 4.78 is 19.3. The summed E-state index contributed by atoms with van der Waals surface area (Å²) in [6.07, 6.45) is 0. The van der Waals surface area contributed by atoms with E-state index in [2.05, 4.69) is 15.9 Å². The minimum absolute atomic E-state index is 0.116. The first-order valence-electron chi connectivity index (χ1n) is 5.81. The van der Waals surface area contributed by atoms with Crippen LogP contribution in [0.3, 0.4) is 0 Å². The zero-order valence-electron chi connectivity index (χ0n) is 10.8. The van der Waals surface area contributed by atoms with Gasteiger partial charge in [0.25, 0.3) is 0 Å². The summed E-state index contributed by atoms with van der Waals surface area (Å²) in [5.74, 6) is -1.09. The highest BCUT2D eigenvalue weighted by Crippen LogP contribution is 2.35. The Morgan fingerprint density at radius 2 is 1.95 bits per heavy atom. The molecule has 0 saturated heterocycles. The highest BCUT2D eigenvalue weighted by molar-refractivity contribution is 9.10. The van der Waals surface area contributed by atoms with Gasteiger partial charge in [0.2, 0.25) is 5.75 Å². The highest BCUT2D eigenvalue weighted by Gasteiger charge is 2.19. The standard InChI is InChI=1S/C14H9BrFNO4/c1-8(18)11-4-2-9(15)6-13(11)21-14-7-10(16)3-5-12(14)17(19)20/h2-7H,1H3. The van der Waals surface area contributed by atoms with Crippen LogP contribution in [0.1, 0.15) is 17.3 Å². The molecule has 2 aromatic rings. The maximum absolute atomic E-state index is 13.3. The Kier molecular flexibility index (Phi) is 4.32. The molecule has 0 bridgehead atoms. The molecule has 0 heterocycles. The molecule has 7 heteroatoms. The number of ether oxygens (including phenoxy) is 1. The van der Waals surface area contributed by atoms with Crippen LogP contribution in [0.2, 0.25) is 0 Å². The van der Waals surface area contributed by atoms with E-state index in [0.29, 0.717) is 4.47 Å². The summed E-state index contributed by atoms with van der Waals surface area (Å²) in [5.41, 5.74) is -0.136. The highest BCUT2D eigenvalue weighted by atomic mass is 79.9. The van der Waals surface area contributed by atoms with E-state index < -0.39 is 10.7 Å². The number of nitrogens with zero attached hydrogens (tertiary/aromatic N) is 1. The van der Waals surface area contributed by atoms with Gasteiger partial charge in [-0.05, 0) is 31.2 Å². The maximum Gasteiger partial charge on any atom is 0.311 e. The summed E-state index contributed by atoms with van der Waals surface area (Å²) >= 11 is 3.22. The van der Waals surface area contributed by atoms with Crippen molar-refractivity contribution in [2.45, 2.75) is 6.92 Å². The van der Waals surface area contributed by atoms with Gasteiger partial charge in [0.15, 0.2) is 5.78 Å². The number of hydrogen-bond acceptors (Lipinski definition) is 4. The second-order valence-corrected chi connectivity index (χ2v) is 5.08. The average molecular weight is 354 g/mol. The Bertz CT molecular complexity index is 671. The first kappa shape index (κ1) is 15.1. The molecule has 0 aromatic heterocycles. The summed E-state index contributed by atoms with van der Waals surface area (Å²) in [4.78, 5) is 21.8. The topological polar surface area (TPSA) is 69.4 Å². The van der Waals surface area contributed by atoms with Crippen molar-refractivity contribution in [2.24, 2.45) is 0 Å². The van der Waals surface area contributed by atoms with Gasteiger partial charge in [-0.2, -0.15) is 0 Å². The molecule has 2 rings (SSSR count). The van der Waals surface area contributed by atoms with Gasteiger partial charge in [0.1, 0.15) is 11.6 Å². The lowest BCUT2D eigenvalue weighted by molar-refractivity contribution is -0.385. The average Bonchev–Trinajstić information content (AvgIpc) is 2.38. The molecule has 108 valence electrons. The molecule has 0 saturated carbocycles. The van der Waals surface area contributed by atoms with Crippen molar-refractivity contribution in [2.75, 3.05) is 0 Å². The fourth-order valence-electron chi connectivity index (χ4n) is 1.71. The number of nitro benzene ring substituents is 1. The Morgan fingerprint density at radius 3 is 2.57 bits per heavy atom. The van der Waals surface area contributed by atoms with Crippen LogP contribution in [0.4, 0.5) is 10.1 Å². The van der Waals surface area contributed by atoms with Gasteiger partial charge in [-0.3, -0.25) is 14.9 Å². The molecule has 0 aliphatic carbocycles. The largest absolute Gasteiger partial charge is 0.449 e. The number of hydrogen-bond donors (Lipinski definition) is 0. The van der Waals surface area contributed by atoms with Gasteiger partial charge < -0.3 is 4.74 Å². The van der Waals surface area contributed by atoms with Crippen molar-refractivity contribution in [3.05, 3.63) is 62.4 Å². The zero-order chi connectivity index (χ0) is 15.6. The summed E-state index contributed by atoms with van der Waals surface area (Å²) in [6.45, 7) is 1.34. The van der Waals surface area contributed by atoms with Gasteiger partial charge in [-0.1, -0.05) is 15.9 Å². The summed E-state index contributed by atoms with van der Waals surface area (Å²) in [5, 5.41) is 10.9. The third kappa shape index (κ3) is 3.43. The van der Waals surface area contributed by atoms with Crippen LogP contribution in [0.25, 0.3) is 0 Å². The predicted molar refractivity (Wildman–Crippen MR) is 77.3 cm³/mol. The van der Waals surface area contributed by atoms with E-state index in [1.165, 1.54) is 19.1 Å². The van der Waals surface area contributed by atoms with Crippen molar-refractivity contribution in [1.82, 2.24) is 0 Å². The van der Waals surface area contributed by atoms with Gasteiger partial charge >= 0.3 is 5.69 Å². The van der Waals surface area contributed by atoms with Crippen LogP contribution in [0, 0.1) is 15.9 Å². The van der Waals surface area contributed by atoms with E-state index in [-0.39, 0.29) is 28.5 Å². The number of carbonyl (C=O) groups is 1. The van der Waals surface area contributed by atoms with Crippen LogP contribution in [0.15, 0.2) is 40.9 Å². The lowest BCUT2D eigenvalue weighted by Crippen LogP contribution is -1.99. The van der Waals surface area contributed by atoms with Crippen LogP contribution >= 0.6 is 15.9 Å². The van der Waals surface area contributed by atoms with Crippen molar-refractivity contribution in [3.63, 3.8) is 0 Å². The van der Waals surface area contributed by atoms with Crippen LogP contribution in [0.5, 0.6) is 11.5 Å². The second-order valence-electron chi connectivity index (χ2n) is 4.17. The Hall–Kier alpha value is -2.28. The first-order chi connectivity index (χ1) is 9.88. The number of benzene rings is 2.